The second-order valence-electron chi connectivity index (χ2n) is 6.80. The van der Waals surface area contributed by atoms with Gasteiger partial charge in [0.2, 0.25) is 5.91 Å². The van der Waals surface area contributed by atoms with E-state index in [0.29, 0.717) is 6.42 Å². The molecule has 1 fully saturated rings. The lowest BCUT2D eigenvalue weighted by atomic mass is 9.85. The molecule has 0 aliphatic heterocycles. The number of aliphatic hydroxyl groups excluding tert-OH is 1. The molecule has 1 aliphatic rings. The van der Waals surface area contributed by atoms with Gasteiger partial charge in [-0.1, -0.05) is 18.6 Å². The highest BCUT2D eigenvalue weighted by molar-refractivity contribution is 5.78. The van der Waals surface area contributed by atoms with Crippen molar-refractivity contribution in [2.45, 2.75) is 44.0 Å². The number of halogens is 3. The van der Waals surface area contributed by atoms with Crippen LogP contribution < -0.4 is 10.5 Å². The normalized spacial score (nSPS) is 21.9. The number of carbonyl (C=O) groups excluding carboxylic acids is 1. The number of nitrogens with two attached hydrogens (primary N) is 1. The topological polar surface area (TPSA) is 75.8 Å². The third-order valence-electron chi connectivity index (χ3n) is 4.55. The number of hydrogen-bond donors (Lipinski definition) is 2. The van der Waals surface area contributed by atoms with E-state index in [2.05, 4.69) is 0 Å². The average Bonchev–Trinajstić information content (AvgIpc) is 2.58. The number of carbonyl (C=O) groups is 1. The maximum atomic E-state index is 12.9. The first kappa shape index (κ1) is 20.5. The molecule has 1 aliphatic carbocycles. The molecule has 1 aromatic rings. The van der Waals surface area contributed by atoms with Crippen molar-refractivity contribution in [1.29, 1.82) is 0 Å². The lowest BCUT2D eigenvalue weighted by molar-refractivity contribution is -0.139. The molecule has 2 rings (SSSR count). The van der Waals surface area contributed by atoms with E-state index < -0.39 is 17.8 Å². The minimum atomic E-state index is -4.53. The van der Waals surface area contributed by atoms with Gasteiger partial charge in [-0.25, -0.2) is 0 Å². The summed E-state index contributed by atoms with van der Waals surface area (Å²) in [6.45, 7) is -0.354. The van der Waals surface area contributed by atoms with E-state index in [-0.39, 0.29) is 36.8 Å². The van der Waals surface area contributed by atoms with Crippen LogP contribution in [0, 0.1) is 5.92 Å². The Hall–Kier alpha value is -1.80. The van der Waals surface area contributed by atoms with Gasteiger partial charge >= 0.3 is 6.18 Å². The molecule has 0 saturated heterocycles. The zero-order valence-electron chi connectivity index (χ0n) is 14.7. The summed E-state index contributed by atoms with van der Waals surface area (Å²) in [5.41, 5.74) is 5.00. The Bertz CT molecular complexity index is 610. The van der Waals surface area contributed by atoms with Crippen LogP contribution in [0.2, 0.25) is 0 Å². The number of nitrogens with zero attached hydrogens (tertiary/aromatic N) is 1. The van der Waals surface area contributed by atoms with Gasteiger partial charge in [-0.15, -0.1) is 0 Å². The maximum absolute atomic E-state index is 12.9. The van der Waals surface area contributed by atoms with Gasteiger partial charge in [0.15, 0.2) is 0 Å². The molecule has 146 valence electrons. The minimum absolute atomic E-state index is 0.0122. The predicted octanol–water partition coefficient (Wildman–Crippen LogP) is 2.42. The van der Waals surface area contributed by atoms with Gasteiger partial charge in [-0.05, 0) is 31.4 Å². The van der Waals surface area contributed by atoms with Crippen molar-refractivity contribution >= 4 is 5.91 Å². The summed E-state index contributed by atoms with van der Waals surface area (Å²) in [6, 6.07) is 4.84. The summed E-state index contributed by atoms with van der Waals surface area (Å²) in [6.07, 6.45) is -2.44. The highest BCUT2D eigenvalue weighted by Gasteiger charge is 2.34. The zero-order chi connectivity index (χ0) is 19.3. The van der Waals surface area contributed by atoms with Crippen LogP contribution in [0.3, 0.4) is 0 Å². The first-order valence-corrected chi connectivity index (χ1v) is 8.66. The molecule has 3 atom stereocenters. The molecule has 0 bridgehead atoms. The number of ether oxygens (including phenoxy) is 1. The number of rotatable bonds is 6. The minimum Gasteiger partial charge on any atom is -0.490 e. The summed E-state index contributed by atoms with van der Waals surface area (Å²) in [7, 11) is 1.56. The van der Waals surface area contributed by atoms with Crippen molar-refractivity contribution in [3.05, 3.63) is 29.8 Å². The molecular formula is C18H25F3N2O3. The Labute approximate surface area is 150 Å². The number of alkyl halides is 3. The van der Waals surface area contributed by atoms with E-state index in [4.69, 9.17) is 10.5 Å². The molecule has 0 aromatic heterocycles. The molecule has 3 unspecified atom stereocenters. The molecule has 8 heteroatoms. The molecule has 1 saturated carbocycles. The smallest absolute Gasteiger partial charge is 0.419 e. The second-order valence-corrected chi connectivity index (χ2v) is 6.80. The largest absolute Gasteiger partial charge is 0.490 e. The molecular weight excluding hydrogens is 349 g/mol. The van der Waals surface area contributed by atoms with E-state index in [0.717, 1.165) is 25.3 Å². The second kappa shape index (κ2) is 8.73. The Morgan fingerprint density at radius 3 is 2.73 bits per heavy atom. The lowest BCUT2D eigenvalue weighted by Crippen LogP contribution is -2.42. The monoisotopic (exact) mass is 374 g/mol. The van der Waals surface area contributed by atoms with Crippen LogP contribution in [-0.2, 0) is 11.0 Å². The maximum Gasteiger partial charge on any atom is 0.419 e. The fourth-order valence-electron chi connectivity index (χ4n) is 3.24. The van der Waals surface area contributed by atoms with Crippen molar-refractivity contribution in [3.63, 3.8) is 0 Å². The fraction of sp³-hybridized carbons (Fsp3) is 0.611. The standard InChI is InChI=1S/C18H25F3N2O3/c1-23(17(25)12-5-4-6-13(22)9-12)10-14(24)11-26-16-8-3-2-7-15(16)18(19,20)21/h2-3,7-8,12-14,24H,4-6,9-11,22H2,1H3. The van der Waals surface area contributed by atoms with Crippen molar-refractivity contribution in [2.75, 3.05) is 20.2 Å². The summed E-state index contributed by atoms with van der Waals surface area (Å²) in [4.78, 5) is 13.8. The van der Waals surface area contributed by atoms with Crippen molar-refractivity contribution in [2.24, 2.45) is 11.7 Å². The van der Waals surface area contributed by atoms with E-state index in [1.165, 1.54) is 23.1 Å². The molecule has 3 N–H and O–H groups in total. The summed E-state index contributed by atoms with van der Waals surface area (Å²) < 4.78 is 43.9. The van der Waals surface area contributed by atoms with E-state index in [1.54, 1.807) is 7.05 Å². The van der Waals surface area contributed by atoms with E-state index in [1.807, 2.05) is 0 Å². The quantitative estimate of drug-likeness (QED) is 0.802. The van der Waals surface area contributed by atoms with Crippen LogP contribution in [-0.4, -0.2) is 48.3 Å². The molecule has 1 aromatic carbocycles. The number of likely N-dealkylation sites (N-methyl/N-ethyl adjacent to an activating group) is 1. The third-order valence-corrected chi connectivity index (χ3v) is 4.55. The molecule has 26 heavy (non-hydrogen) atoms. The Morgan fingerprint density at radius 2 is 2.08 bits per heavy atom. The predicted molar refractivity (Wildman–Crippen MR) is 90.5 cm³/mol. The van der Waals surface area contributed by atoms with Gasteiger partial charge in [0.05, 0.1) is 5.56 Å². The summed E-state index contributed by atoms with van der Waals surface area (Å²) in [5.74, 6) is -0.607. The SMILES string of the molecule is CN(CC(O)COc1ccccc1C(F)(F)F)C(=O)C1CCCC(N)C1. The van der Waals surface area contributed by atoms with Crippen LogP contribution in [0.25, 0.3) is 0 Å². The zero-order valence-corrected chi connectivity index (χ0v) is 14.7. The molecule has 5 nitrogen and oxygen atoms in total. The number of benzene rings is 1. The highest BCUT2D eigenvalue weighted by Crippen LogP contribution is 2.35. The van der Waals surface area contributed by atoms with Gasteiger partial charge in [0.1, 0.15) is 18.5 Å². The van der Waals surface area contributed by atoms with E-state index in [9.17, 15) is 23.1 Å². The third kappa shape index (κ3) is 5.60. The summed E-state index contributed by atoms with van der Waals surface area (Å²) in [5, 5.41) is 10.0. The first-order valence-electron chi connectivity index (χ1n) is 8.66. The lowest BCUT2D eigenvalue weighted by Gasteiger charge is -2.30. The molecule has 0 spiro atoms. The van der Waals surface area contributed by atoms with Gasteiger partial charge in [0, 0.05) is 25.6 Å². The first-order chi connectivity index (χ1) is 12.2. The molecule has 0 heterocycles. The van der Waals surface area contributed by atoms with Crippen molar-refractivity contribution in [1.82, 2.24) is 4.90 Å². The number of aliphatic hydroxyl groups is 1. The van der Waals surface area contributed by atoms with Crippen molar-refractivity contribution < 1.29 is 27.8 Å². The van der Waals surface area contributed by atoms with Gasteiger partial charge in [0.25, 0.3) is 0 Å². The van der Waals surface area contributed by atoms with E-state index >= 15 is 0 Å². The van der Waals surface area contributed by atoms with Gasteiger partial charge in [-0.2, -0.15) is 13.2 Å². The summed E-state index contributed by atoms with van der Waals surface area (Å²) >= 11 is 0. The molecule has 1 amide bonds. The highest BCUT2D eigenvalue weighted by atomic mass is 19.4. The Balaban J connectivity index is 1.87. The Morgan fingerprint density at radius 1 is 1.38 bits per heavy atom. The van der Waals surface area contributed by atoms with Crippen LogP contribution in [0.4, 0.5) is 13.2 Å². The van der Waals surface area contributed by atoms with Crippen LogP contribution in [0.1, 0.15) is 31.2 Å². The van der Waals surface area contributed by atoms with Gasteiger partial charge < -0.3 is 20.5 Å². The van der Waals surface area contributed by atoms with Crippen LogP contribution >= 0.6 is 0 Å². The number of para-hydroxylation sites is 1. The van der Waals surface area contributed by atoms with Crippen LogP contribution in [0.15, 0.2) is 24.3 Å². The molecule has 0 radical (unpaired) electrons. The van der Waals surface area contributed by atoms with Gasteiger partial charge in [-0.3, -0.25) is 4.79 Å². The fourth-order valence-corrected chi connectivity index (χ4v) is 3.24. The Kier molecular flexibility index (Phi) is 6.88. The number of hydrogen-bond acceptors (Lipinski definition) is 4. The number of amides is 1. The average molecular weight is 374 g/mol. The van der Waals surface area contributed by atoms with Crippen molar-refractivity contribution in [3.8, 4) is 5.75 Å². The van der Waals surface area contributed by atoms with Crippen LogP contribution in [0.5, 0.6) is 5.75 Å².